The van der Waals surface area contributed by atoms with E-state index >= 15 is 0 Å². The van der Waals surface area contributed by atoms with Crippen molar-refractivity contribution in [3.63, 3.8) is 0 Å². The number of nitrogens with one attached hydrogen (secondary N) is 1. The number of para-hydroxylation sites is 1. The summed E-state index contributed by atoms with van der Waals surface area (Å²) in [6.45, 7) is 5.61. The average Bonchev–Trinajstić information content (AvgIpc) is 2.94. The van der Waals surface area contributed by atoms with Crippen molar-refractivity contribution in [2.24, 2.45) is 0 Å². The Morgan fingerprint density at radius 1 is 1.33 bits per heavy atom. The largest absolute Gasteiger partial charge is 0.483 e. The van der Waals surface area contributed by atoms with Crippen molar-refractivity contribution >= 4 is 11.6 Å². The first kappa shape index (κ1) is 18.7. The molecule has 0 fully saturated rings. The van der Waals surface area contributed by atoms with Gasteiger partial charge >= 0.3 is 0 Å². The first-order valence-corrected chi connectivity index (χ1v) is 8.72. The molecule has 1 N–H and O–H groups in total. The molecule has 0 saturated heterocycles. The second-order valence-corrected chi connectivity index (χ2v) is 7.21. The van der Waals surface area contributed by atoms with Crippen molar-refractivity contribution in [1.82, 2.24) is 5.32 Å². The van der Waals surface area contributed by atoms with Gasteiger partial charge in [0, 0.05) is 24.1 Å². The summed E-state index contributed by atoms with van der Waals surface area (Å²) in [5.74, 6) is 0.905. The van der Waals surface area contributed by atoms with E-state index in [2.05, 4.69) is 5.32 Å². The molecule has 0 spiro atoms. The van der Waals surface area contributed by atoms with E-state index in [0.717, 1.165) is 12.0 Å². The van der Waals surface area contributed by atoms with Gasteiger partial charge in [0.05, 0.1) is 11.0 Å². The SMILES string of the molecule is CC(NC(=O)COc1cccc2c1OC(C)(C)C2)c1cccc([N+](=O)[O-])c1. The molecular formula is C20H22N2O5. The number of hydrogen-bond donors (Lipinski definition) is 1. The second-order valence-electron chi connectivity index (χ2n) is 7.21. The summed E-state index contributed by atoms with van der Waals surface area (Å²) < 4.78 is 11.6. The van der Waals surface area contributed by atoms with Crippen molar-refractivity contribution in [2.45, 2.75) is 38.8 Å². The third kappa shape index (κ3) is 4.36. The highest BCUT2D eigenvalue weighted by molar-refractivity contribution is 5.78. The average molecular weight is 370 g/mol. The Kier molecular flexibility index (Phi) is 5.03. The normalized spacial score (nSPS) is 15.4. The van der Waals surface area contributed by atoms with Crippen LogP contribution in [0.2, 0.25) is 0 Å². The third-order valence-corrected chi connectivity index (χ3v) is 4.37. The van der Waals surface area contributed by atoms with Crippen LogP contribution >= 0.6 is 0 Å². The monoisotopic (exact) mass is 370 g/mol. The van der Waals surface area contributed by atoms with Crippen LogP contribution in [-0.4, -0.2) is 23.0 Å². The Morgan fingerprint density at radius 3 is 2.81 bits per heavy atom. The number of rotatable bonds is 6. The molecule has 1 atom stereocenters. The number of ether oxygens (including phenoxy) is 2. The van der Waals surface area contributed by atoms with E-state index < -0.39 is 4.92 Å². The zero-order chi connectivity index (χ0) is 19.6. The van der Waals surface area contributed by atoms with E-state index in [1.807, 2.05) is 26.0 Å². The summed E-state index contributed by atoms with van der Waals surface area (Å²) in [4.78, 5) is 22.7. The number of amides is 1. The molecule has 0 bridgehead atoms. The molecule has 7 nitrogen and oxygen atoms in total. The fourth-order valence-electron chi connectivity index (χ4n) is 3.12. The molecule has 1 amide bonds. The first-order valence-electron chi connectivity index (χ1n) is 8.72. The van der Waals surface area contributed by atoms with Crippen molar-refractivity contribution in [3.8, 4) is 11.5 Å². The zero-order valence-corrected chi connectivity index (χ0v) is 15.5. The smallest absolute Gasteiger partial charge is 0.269 e. The summed E-state index contributed by atoms with van der Waals surface area (Å²) >= 11 is 0. The van der Waals surface area contributed by atoms with Gasteiger partial charge in [-0.15, -0.1) is 0 Å². The van der Waals surface area contributed by atoms with Crippen LogP contribution in [0.3, 0.4) is 0 Å². The van der Waals surface area contributed by atoms with Crippen molar-refractivity contribution in [3.05, 3.63) is 63.7 Å². The fourth-order valence-corrected chi connectivity index (χ4v) is 3.12. The highest BCUT2D eigenvalue weighted by atomic mass is 16.6. The number of carbonyl (C=O) groups is 1. The van der Waals surface area contributed by atoms with Gasteiger partial charge in [-0.05, 0) is 32.4 Å². The maximum Gasteiger partial charge on any atom is 0.269 e. The minimum Gasteiger partial charge on any atom is -0.483 e. The molecule has 0 aliphatic carbocycles. The number of benzene rings is 2. The predicted molar refractivity (Wildman–Crippen MR) is 100 cm³/mol. The van der Waals surface area contributed by atoms with Gasteiger partial charge in [0.2, 0.25) is 0 Å². The molecule has 1 aliphatic heterocycles. The molecule has 7 heteroatoms. The number of carbonyl (C=O) groups excluding carboxylic acids is 1. The van der Waals surface area contributed by atoms with E-state index in [9.17, 15) is 14.9 Å². The van der Waals surface area contributed by atoms with Crippen LogP contribution in [0.15, 0.2) is 42.5 Å². The molecule has 1 unspecified atom stereocenters. The molecule has 0 radical (unpaired) electrons. The summed E-state index contributed by atoms with van der Waals surface area (Å²) in [7, 11) is 0. The first-order chi connectivity index (χ1) is 12.7. The number of hydrogen-bond acceptors (Lipinski definition) is 5. The molecule has 3 rings (SSSR count). The van der Waals surface area contributed by atoms with Gasteiger partial charge in [-0.25, -0.2) is 0 Å². The highest BCUT2D eigenvalue weighted by Crippen LogP contribution is 2.41. The molecule has 0 saturated carbocycles. The minimum atomic E-state index is -0.460. The molecule has 27 heavy (non-hydrogen) atoms. The van der Waals surface area contributed by atoms with Crippen LogP contribution in [0.5, 0.6) is 11.5 Å². The summed E-state index contributed by atoms with van der Waals surface area (Å²) in [5, 5.41) is 13.7. The molecular weight excluding hydrogens is 348 g/mol. The van der Waals surface area contributed by atoms with Gasteiger partial charge in [0.1, 0.15) is 5.60 Å². The summed E-state index contributed by atoms with van der Waals surface area (Å²) in [6, 6.07) is 11.5. The van der Waals surface area contributed by atoms with Crippen LogP contribution in [-0.2, 0) is 11.2 Å². The van der Waals surface area contributed by atoms with Gasteiger partial charge in [-0.1, -0.05) is 24.3 Å². The highest BCUT2D eigenvalue weighted by Gasteiger charge is 2.32. The summed E-state index contributed by atoms with van der Waals surface area (Å²) in [5.41, 5.74) is 1.41. The van der Waals surface area contributed by atoms with Crippen LogP contribution in [0, 0.1) is 10.1 Å². The maximum absolute atomic E-state index is 12.2. The fraction of sp³-hybridized carbons (Fsp3) is 0.350. The van der Waals surface area contributed by atoms with E-state index in [-0.39, 0.29) is 29.8 Å². The second kappa shape index (κ2) is 7.26. The van der Waals surface area contributed by atoms with E-state index in [1.54, 1.807) is 25.1 Å². The van der Waals surface area contributed by atoms with Crippen LogP contribution in [0.25, 0.3) is 0 Å². The van der Waals surface area contributed by atoms with Crippen molar-refractivity contribution in [2.75, 3.05) is 6.61 Å². The standard InChI is InChI=1S/C20H22N2O5/c1-13(14-6-4-8-16(10-14)22(24)25)21-18(23)12-26-17-9-5-7-15-11-20(2,3)27-19(15)17/h4-10,13H,11-12H2,1-3H3,(H,21,23). The third-order valence-electron chi connectivity index (χ3n) is 4.37. The Balaban J connectivity index is 1.60. The molecule has 0 aromatic heterocycles. The van der Waals surface area contributed by atoms with Gasteiger partial charge in [-0.3, -0.25) is 14.9 Å². The lowest BCUT2D eigenvalue weighted by molar-refractivity contribution is -0.384. The Morgan fingerprint density at radius 2 is 2.07 bits per heavy atom. The predicted octanol–water partition coefficient (Wildman–Crippen LogP) is 3.56. The quantitative estimate of drug-likeness (QED) is 0.620. The molecule has 2 aromatic rings. The van der Waals surface area contributed by atoms with Gasteiger partial charge in [-0.2, -0.15) is 0 Å². The number of nitrogens with zero attached hydrogens (tertiary/aromatic N) is 1. The van der Waals surface area contributed by atoms with Crippen molar-refractivity contribution < 1.29 is 19.2 Å². The Labute approximate surface area is 157 Å². The van der Waals surface area contributed by atoms with Crippen LogP contribution < -0.4 is 14.8 Å². The zero-order valence-electron chi connectivity index (χ0n) is 15.5. The van der Waals surface area contributed by atoms with Gasteiger partial charge in [0.15, 0.2) is 18.1 Å². The lowest BCUT2D eigenvalue weighted by Gasteiger charge is -2.18. The van der Waals surface area contributed by atoms with Crippen LogP contribution in [0.4, 0.5) is 5.69 Å². The Hall–Kier alpha value is -3.09. The number of fused-ring (bicyclic) bond motifs is 1. The lowest BCUT2D eigenvalue weighted by Crippen LogP contribution is -2.31. The van der Waals surface area contributed by atoms with E-state index in [4.69, 9.17) is 9.47 Å². The van der Waals surface area contributed by atoms with Crippen molar-refractivity contribution in [1.29, 1.82) is 0 Å². The number of non-ortho nitro benzene ring substituents is 1. The molecule has 142 valence electrons. The maximum atomic E-state index is 12.2. The van der Waals surface area contributed by atoms with E-state index in [1.165, 1.54) is 12.1 Å². The molecule has 1 aliphatic rings. The minimum absolute atomic E-state index is 0.00976. The van der Waals surface area contributed by atoms with Gasteiger partial charge in [0.25, 0.3) is 11.6 Å². The molecule has 1 heterocycles. The van der Waals surface area contributed by atoms with E-state index in [0.29, 0.717) is 17.1 Å². The Bertz CT molecular complexity index is 878. The topological polar surface area (TPSA) is 90.7 Å². The summed E-state index contributed by atoms with van der Waals surface area (Å²) in [6.07, 6.45) is 0.787. The van der Waals surface area contributed by atoms with Crippen LogP contribution in [0.1, 0.15) is 37.9 Å². The number of nitro benzene ring substituents is 1. The lowest BCUT2D eigenvalue weighted by atomic mass is 10.0. The molecule has 2 aromatic carbocycles. The van der Waals surface area contributed by atoms with Gasteiger partial charge < -0.3 is 14.8 Å². The number of nitro groups is 1.